The molecule has 0 unspecified atom stereocenters. The summed E-state index contributed by atoms with van der Waals surface area (Å²) >= 11 is 1.27. The van der Waals surface area contributed by atoms with Gasteiger partial charge in [-0.15, -0.1) is 11.8 Å². The first-order valence-electron chi connectivity index (χ1n) is 7.97. The maximum atomic E-state index is 13.2. The van der Waals surface area contributed by atoms with Gasteiger partial charge in [0.1, 0.15) is 5.03 Å². The van der Waals surface area contributed by atoms with Gasteiger partial charge in [0.15, 0.2) is 16.2 Å². The average Bonchev–Trinajstić information content (AvgIpc) is 3.01. The lowest BCUT2D eigenvalue weighted by Gasteiger charge is -2.06. The van der Waals surface area contributed by atoms with Crippen LogP contribution in [0.3, 0.4) is 0 Å². The van der Waals surface area contributed by atoms with Crippen LogP contribution in [0.2, 0.25) is 0 Å². The Hall–Kier alpha value is -2.41. The zero-order valence-corrected chi connectivity index (χ0v) is 16.4. The molecule has 0 bridgehead atoms. The maximum Gasteiger partial charge on any atom is 0.333 e. The van der Waals surface area contributed by atoms with Crippen LogP contribution in [0.15, 0.2) is 51.8 Å². The number of aromatic nitrogens is 3. The first kappa shape index (κ1) is 18.4. The highest BCUT2D eigenvalue weighted by Gasteiger charge is 2.31. The zero-order chi connectivity index (χ0) is 18.9. The highest BCUT2D eigenvalue weighted by molar-refractivity contribution is 8.00. The molecule has 3 heterocycles. The first-order chi connectivity index (χ1) is 12.4. The summed E-state index contributed by atoms with van der Waals surface area (Å²) in [7, 11) is -3.78. The van der Waals surface area contributed by atoms with Gasteiger partial charge in [-0.1, -0.05) is 29.5 Å². The van der Waals surface area contributed by atoms with E-state index >= 15 is 0 Å². The van der Waals surface area contributed by atoms with Crippen molar-refractivity contribution in [1.29, 1.82) is 0 Å². The van der Waals surface area contributed by atoms with Gasteiger partial charge in [-0.25, -0.2) is 17.9 Å². The minimum Gasteiger partial charge on any atom is -0.233 e. The highest BCUT2D eigenvalue weighted by Crippen LogP contribution is 2.32. The fourth-order valence-corrected chi connectivity index (χ4v) is 5.20. The number of thioether (sulfide) groups is 1. The molecule has 2 aromatic rings. The van der Waals surface area contributed by atoms with E-state index in [0.717, 1.165) is 11.4 Å². The Labute approximate surface area is 156 Å². The van der Waals surface area contributed by atoms with E-state index in [2.05, 4.69) is 21.3 Å². The van der Waals surface area contributed by atoms with E-state index in [0.29, 0.717) is 22.8 Å². The van der Waals surface area contributed by atoms with E-state index in [1.54, 1.807) is 23.9 Å². The topological polar surface area (TPSA) is 78.4 Å². The van der Waals surface area contributed by atoms with Gasteiger partial charge in [-0.05, 0) is 26.2 Å². The Bertz CT molecular complexity index is 1130. The Kier molecular flexibility index (Phi) is 5.00. The number of hydrogen-bond acceptors (Lipinski definition) is 5. The molecule has 0 saturated carbocycles. The first-order valence-corrected chi connectivity index (χ1v) is 10.7. The predicted octanol–water partition coefficient (Wildman–Crippen LogP) is 2.51. The van der Waals surface area contributed by atoms with Crippen molar-refractivity contribution in [1.82, 2.24) is 19.3 Å². The van der Waals surface area contributed by atoms with Gasteiger partial charge < -0.3 is 0 Å². The lowest BCUT2D eigenvalue weighted by molar-refractivity contribution is 0.601. The predicted molar refractivity (Wildman–Crippen MR) is 107 cm³/mol. The molecule has 0 aromatic carbocycles. The molecule has 134 valence electrons. The van der Waals surface area contributed by atoms with Crippen LogP contribution in [-0.4, -0.2) is 41.2 Å². The van der Waals surface area contributed by atoms with Crippen LogP contribution in [0, 0.1) is 6.92 Å². The molecule has 0 spiro atoms. The third-order valence-corrected chi connectivity index (χ3v) is 6.70. The number of nitrogens with zero attached hydrogens (tertiary/aromatic N) is 4. The largest absolute Gasteiger partial charge is 0.333 e. The molecule has 0 saturated heterocycles. The van der Waals surface area contributed by atoms with Gasteiger partial charge in [-0.2, -0.15) is 5.10 Å². The van der Waals surface area contributed by atoms with E-state index in [1.165, 1.54) is 23.9 Å². The SMILES string of the molecule is C=C/C(=C\C)S(=O)(=O)c1c(SC)nn2c(C3=[N+]=CC=CC3)cc(C)nc12. The van der Waals surface area contributed by atoms with Gasteiger partial charge in [-0.3, -0.25) is 0 Å². The van der Waals surface area contributed by atoms with E-state index in [4.69, 9.17) is 0 Å². The molecule has 3 rings (SSSR count). The van der Waals surface area contributed by atoms with Crippen LogP contribution in [0.25, 0.3) is 5.65 Å². The van der Waals surface area contributed by atoms with Gasteiger partial charge in [0.2, 0.25) is 9.84 Å². The molecule has 0 atom stereocenters. The summed E-state index contributed by atoms with van der Waals surface area (Å²) in [4.78, 5) is 4.73. The van der Waals surface area contributed by atoms with Crippen LogP contribution in [0.5, 0.6) is 0 Å². The van der Waals surface area contributed by atoms with Crippen molar-refractivity contribution < 1.29 is 8.42 Å². The number of hydrogen-bond donors (Lipinski definition) is 0. The van der Waals surface area contributed by atoms with Crippen molar-refractivity contribution in [2.75, 3.05) is 6.26 Å². The van der Waals surface area contributed by atoms with Gasteiger partial charge in [0, 0.05) is 11.8 Å². The molecule has 1 aliphatic rings. The Balaban J connectivity index is 2.41. The van der Waals surface area contributed by atoms with Crippen LogP contribution in [0.1, 0.15) is 24.7 Å². The number of sulfone groups is 1. The summed E-state index contributed by atoms with van der Waals surface area (Å²) < 4.78 is 32.3. The normalized spacial score (nSPS) is 14.7. The highest BCUT2D eigenvalue weighted by atomic mass is 32.2. The van der Waals surface area contributed by atoms with Crippen LogP contribution < -0.4 is 4.67 Å². The summed E-state index contributed by atoms with van der Waals surface area (Å²) in [6, 6.07) is 1.87. The standard InChI is InChI=1S/C18H19N4O2S2/c1-5-13(6-2)26(23,24)16-17-20-12(3)11-15(14-9-7-8-10-19-14)22(17)21-18(16)25-4/h5-8,10-11H,1,9H2,2-4H3/q+1/b13-6+. The van der Waals surface area contributed by atoms with E-state index in [-0.39, 0.29) is 9.80 Å². The van der Waals surface area contributed by atoms with E-state index in [1.807, 2.05) is 25.1 Å². The summed E-state index contributed by atoms with van der Waals surface area (Å²) in [5.74, 6) is 0. The van der Waals surface area contributed by atoms with Gasteiger partial charge in [0.05, 0.1) is 11.3 Å². The van der Waals surface area contributed by atoms with Crippen LogP contribution >= 0.6 is 11.8 Å². The molecular formula is C18H19N4O2S2+. The molecule has 6 nitrogen and oxygen atoms in total. The second-order valence-corrected chi connectivity index (χ2v) is 8.29. The average molecular weight is 388 g/mol. The van der Waals surface area contributed by atoms with Crippen molar-refractivity contribution in [2.24, 2.45) is 0 Å². The van der Waals surface area contributed by atoms with Crippen molar-refractivity contribution in [3.63, 3.8) is 0 Å². The second-order valence-electron chi connectivity index (χ2n) is 5.61. The molecule has 1 aliphatic heterocycles. The van der Waals surface area contributed by atoms with Crippen LogP contribution in [-0.2, 0) is 9.84 Å². The maximum absolute atomic E-state index is 13.2. The summed E-state index contributed by atoms with van der Waals surface area (Å²) in [5, 5.41) is 4.93. The molecule has 0 N–H and O–H groups in total. The van der Waals surface area contributed by atoms with Crippen molar-refractivity contribution in [3.05, 3.63) is 53.2 Å². The zero-order valence-electron chi connectivity index (χ0n) is 14.8. The molecule has 8 heteroatoms. The molecule has 0 radical (unpaired) electrons. The smallest absolute Gasteiger partial charge is 0.233 e. The molecule has 0 amide bonds. The minimum absolute atomic E-state index is 0.110. The van der Waals surface area contributed by atoms with Gasteiger partial charge >= 0.3 is 5.71 Å². The van der Waals surface area contributed by atoms with Crippen molar-refractivity contribution in [2.45, 2.75) is 30.2 Å². The fourth-order valence-electron chi connectivity index (χ4n) is 2.77. The number of allylic oxidation sites excluding steroid dienone is 4. The van der Waals surface area contributed by atoms with Crippen molar-refractivity contribution in [3.8, 4) is 0 Å². The third kappa shape index (κ3) is 2.96. The summed E-state index contributed by atoms with van der Waals surface area (Å²) in [5.41, 5.74) is 2.57. The van der Waals surface area contributed by atoms with Crippen molar-refractivity contribution >= 4 is 39.2 Å². The Morgan fingerprint density at radius 1 is 1.46 bits per heavy atom. The molecule has 0 aliphatic carbocycles. The monoisotopic (exact) mass is 387 g/mol. The third-order valence-electron chi connectivity index (χ3n) is 3.96. The quantitative estimate of drug-likeness (QED) is 0.447. The Morgan fingerprint density at radius 2 is 2.23 bits per heavy atom. The lowest BCUT2D eigenvalue weighted by Crippen LogP contribution is -2.14. The molecule has 26 heavy (non-hydrogen) atoms. The lowest BCUT2D eigenvalue weighted by atomic mass is 10.1. The number of fused-ring (bicyclic) bond motifs is 1. The molecule has 2 aromatic heterocycles. The molecule has 0 fully saturated rings. The van der Waals surface area contributed by atoms with E-state index < -0.39 is 9.84 Å². The second kappa shape index (κ2) is 7.07. The fraction of sp³-hybridized carbons (Fsp3) is 0.222. The minimum atomic E-state index is -3.78. The number of rotatable bonds is 5. The number of aryl methyl sites for hydroxylation is 1. The summed E-state index contributed by atoms with van der Waals surface area (Å²) in [6.45, 7) is 7.12. The summed E-state index contributed by atoms with van der Waals surface area (Å²) in [6.07, 6.45) is 10.9. The van der Waals surface area contributed by atoms with Crippen LogP contribution in [0.4, 0.5) is 0 Å². The van der Waals surface area contributed by atoms with Gasteiger partial charge in [0.25, 0.3) is 6.21 Å². The Morgan fingerprint density at radius 3 is 2.81 bits per heavy atom. The molecular weight excluding hydrogens is 368 g/mol. The van der Waals surface area contributed by atoms with E-state index in [9.17, 15) is 8.42 Å².